The Labute approximate surface area is 106 Å². The number of rotatable bonds is 8. The first-order valence-corrected chi connectivity index (χ1v) is 6.75. The van der Waals surface area contributed by atoms with E-state index in [1.807, 2.05) is 24.3 Å². The second kappa shape index (κ2) is 8.59. The van der Waals surface area contributed by atoms with Gasteiger partial charge in [0.15, 0.2) is 0 Å². The molecular weight excluding hydrogens is 268 g/mol. The summed E-state index contributed by atoms with van der Waals surface area (Å²) in [6.45, 7) is 1.54. The van der Waals surface area contributed by atoms with Crippen LogP contribution in [-0.4, -0.2) is 19.0 Å². The molecule has 0 amide bonds. The minimum Gasteiger partial charge on any atom is -0.497 e. The van der Waals surface area contributed by atoms with Crippen LogP contribution in [0.15, 0.2) is 24.3 Å². The van der Waals surface area contributed by atoms with Gasteiger partial charge in [0, 0.05) is 11.9 Å². The lowest BCUT2D eigenvalue weighted by atomic mass is 10.2. The molecule has 90 valence electrons. The molecule has 0 aliphatic carbocycles. The highest BCUT2D eigenvalue weighted by molar-refractivity contribution is 9.09. The minimum absolute atomic E-state index is 0.693. The molecule has 0 heterocycles. The predicted molar refractivity (Wildman–Crippen MR) is 70.3 cm³/mol. The van der Waals surface area contributed by atoms with Crippen LogP contribution >= 0.6 is 15.9 Å². The number of hydrogen-bond donors (Lipinski definition) is 0. The van der Waals surface area contributed by atoms with Crippen molar-refractivity contribution in [1.29, 1.82) is 0 Å². The van der Waals surface area contributed by atoms with Gasteiger partial charge in [-0.3, -0.25) is 0 Å². The Bertz CT molecular complexity index is 272. The Morgan fingerprint density at radius 3 is 2.44 bits per heavy atom. The Morgan fingerprint density at radius 1 is 1.06 bits per heavy atom. The van der Waals surface area contributed by atoms with Crippen LogP contribution in [0.4, 0.5) is 0 Å². The number of hydrogen-bond acceptors (Lipinski definition) is 2. The third-order valence-electron chi connectivity index (χ3n) is 2.35. The number of methoxy groups -OCH3 is 1. The molecule has 0 N–H and O–H groups in total. The molecule has 1 rings (SSSR count). The molecule has 2 nitrogen and oxygen atoms in total. The van der Waals surface area contributed by atoms with Gasteiger partial charge in [0.05, 0.1) is 13.7 Å². The van der Waals surface area contributed by atoms with Crippen LogP contribution in [0, 0.1) is 0 Å². The maximum atomic E-state index is 5.58. The van der Waals surface area contributed by atoms with Gasteiger partial charge in [-0.1, -0.05) is 34.5 Å². The fourth-order valence-corrected chi connectivity index (χ4v) is 1.78. The van der Waals surface area contributed by atoms with Gasteiger partial charge in [-0.2, -0.15) is 0 Å². The SMILES string of the molecule is COc1ccc(COCCCCCBr)cc1. The molecule has 0 unspecified atom stereocenters. The van der Waals surface area contributed by atoms with Crippen molar-refractivity contribution in [2.24, 2.45) is 0 Å². The van der Waals surface area contributed by atoms with Crippen molar-refractivity contribution in [3.05, 3.63) is 29.8 Å². The summed E-state index contributed by atoms with van der Waals surface area (Å²) in [5, 5.41) is 1.09. The van der Waals surface area contributed by atoms with Gasteiger partial charge in [-0.05, 0) is 30.5 Å². The molecule has 0 aromatic heterocycles. The molecule has 0 saturated heterocycles. The number of alkyl halides is 1. The summed E-state index contributed by atoms with van der Waals surface area (Å²) in [5.74, 6) is 0.890. The first-order chi connectivity index (χ1) is 7.86. The molecule has 0 aliphatic heterocycles. The van der Waals surface area contributed by atoms with Crippen LogP contribution in [0.1, 0.15) is 24.8 Å². The van der Waals surface area contributed by atoms with Crippen molar-refractivity contribution in [3.63, 3.8) is 0 Å². The van der Waals surface area contributed by atoms with E-state index in [1.54, 1.807) is 7.11 Å². The van der Waals surface area contributed by atoms with Crippen molar-refractivity contribution in [2.45, 2.75) is 25.9 Å². The van der Waals surface area contributed by atoms with Crippen molar-refractivity contribution in [1.82, 2.24) is 0 Å². The summed E-state index contributed by atoms with van der Waals surface area (Å²) >= 11 is 3.42. The average molecular weight is 287 g/mol. The Kier molecular flexibility index (Phi) is 7.26. The highest BCUT2D eigenvalue weighted by Gasteiger charge is 1.95. The summed E-state index contributed by atoms with van der Waals surface area (Å²) < 4.78 is 10.7. The van der Waals surface area contributed by atoms with Crippen LogP contribution < -0.4 is 4.74 Å². The standard InChI is InChI=1S/C13H19BrO2/c1-15-13-7-5-12(6-8-13)11-16-10-4-2-3-9-14/h5-8H,2-4,9-11H2,1H3. The number of halogens is 1. The highest BCUT2D eigenvalue weighted by atomic mass is 79.9. The van der Waals surface area contributed by atoms with E-state index in [1.165, 1.54) is 18.4 Å². The lowest BCUT2D eigenvalue weighted by molar-refractivity contribution is 0.117. The van der Waals surface area contributed by atoms with Crippen molar-refractivity contribution in [2.75, 3.05) is 19.0 Å². The van der Waals surface area contributed by atoms with E-state index < -0.39 is 0 Å². The molecule has 0 aliphatic rings. The lowest BCUT2D eigenvalue weighted by Crippen LogP contribution is -1.96. The molecule has 3 heteroatoms. The number of benzene rings is 1. The van der Waals surface area contributed by atoms with Crippen molar-refractivity contribution >= 4 is 15.9 Å². The van der Waals surface area contributed by atoms with Gasteiger partial charge in [0.2, 0.25) is 0 Å². The maximum absolute atomic E-state index is 5.58. The zero-order chi connectivity index (χ0) is 11.6. The van der Waals surface area contributed by atoms with E-state index in [9.17, 15) is 0 Å². The summed E-state index contributed by atoms with van der Waals surface area (Å²) in [4.78, 5) is 0. The molecule has 0 atom stereocenters. The molecule has 1 aromatic carbocycles. The molecular formula is C13H19BrO2. The molecule has 0 fully saturated rings. The molecule has 16 heavy (non-hydrogen) atoms. The minimum atomic E-state index is 0.693. The normalized spacial score (nSPS) is 10.4. The van der Waals surface area contributed by atoms with Crippen LogP contribution in [0.25, 0.3) is 0 Å². The van der Waals surface area contributed by atoms with E-state index in [4.69, 9.17) is 9.47 Å². The van der Waals surface area contributed by atoms with E-state index in [0.29, 0.717) is 6.61 Å². The Morgan fingerprint density at radius 2 is 1.81 bits per heavy atom. The van der Waals surface area contributed by atoms with Crippen LogP contribution in [0.3, 0.4) is 0 Å². The van der Waals surface area contributed by atoms with Gasteiger partial charge in [-0.15, -0.1) is 0 Å². The summed E-state index contributed by atoms with van der Waals surface area (Å²) in [6.07, 6.45) is 3.60. The maximum Gasteiger partial charge on any atom is 0.118 e. The third-order valence-corrected chi connectivity index (χ3v) is 2.91. The molecule has 0 radical (unpaired) electrons. The van der Waals surface area contributed by atoms with Crippen molar-refractivity contribution < 1.29 is 9.47 Å². The fourth-order valence-electron chi connectivity index (χ4n) is 1.39. The zero-order valence-electron chi connectivity index (χ0n) is 9.75. The molecule has 1 aromatic rings. The summed E-state index contributed by atoms with van der Waals surface area (Å²) in [5.41, 5.74) is 1.20. The lowest BCUT2D eigenvalue weighted by Gasteiger charge is -2.05. The van der Waals surface area contributed by atoms with E-state index in [-0.39, 0.29) is 0 Å². The van der Waals surface area contributed by atoms with Crippen LogP contribution in [0.5, 0.6) is 5.75 Å². The second-order valence-corrected chi connectivity index (χ2v) is 4.44. The van der Waals surface area contributed by atoms with Gasteiger partial charge in [0.1, 0.15) is 5.75 Å². The summed E-state index contributed by atoms with van der Waals surface area (Å²) in [7, 11) is 1.68. The van der Waals surface area contributed by atoms with Crippen LogP contribution in [-0.2, 0) is 11.3 Å². The Hall–Kier alpha value is -0.540. The molecule has 0 spiro atoms. The number of unbranched alkanes of at least 4 members (excludes halogenated alkanes) is 2. The van der Waals surface area contributed by atoms with Crippen LogP contribution in [0.2, 0.25) is 0 Å². The first kappa shape index (κ1) is 13.5. The smallest absolute Gasteiger partial charge is 0.118 e. The highest BCUT2D eigenvalue weighted by Crippen LogP contribution is 2.12. The van der Waals surface area contributed by atoms with Gasteiger partial charge >= 0.3 is 0 Å². The zero-order valence-corrected chi connectivity index (χ0v) is 11.3. The quantitative estimate of drug-likeness (QED) is 0.535. The Balaban J connectivity index is 2.12. The summed E-state index contributed by atoms with van der Waals surface area (Å²) in [6, 6.07) is 8.00. The topological polar surface area (TPSA) is 18.5 Å². The predicted octanol–water partition coefficient (Wildman–Crippen LogP) is 3.78. The van der Waals surface area contributed by atoms with Gasteiger partial charge in [0.25, 0.3) is 0 Å². The van der Waals surface area contributed by atoms with Crippen molar-refractivity contribution in [3.8, 4) is 5.75 Å². The molecule has 0 bridgehead atoms. The van der Waals surface area contributed by atoms with E-state index in [2.05, 4.69) is 15.9 Å². The van der Waals surface area contributed by atoms with E-state index >= 15 is 0 Å². The fraction of sp³-hybridized carbons (Fsp3) is 0.538. The second-order valence-electron chi connectivity index (χ2n) is 3.65. The first-order valence-electron chi connectivity index (χ1n) is 5.63. The average Bonchev–Trinajstić information content (AvgIpc) is 2.34. The van der Waals surface area contributed by atoms with Gasteiger partial charge in [-0.25, -0.2) is 0 Å². The monoisotopic (exact) mass is 286 g/mol. The third kappa shape index (κ3) is 5.52. The van der Waals surface area contributed by atoms with Gasteiger partial charge < -0.3 is 9.47 Å². The molecule has 0 saturated carbocycles. The van der Waals surface area contributed by atoms with E-state index in [0.717, 1.165) is 24.1 Å². The largest absolute Gasteiger partial charge is 0.497 e. The number of ether oxygens (including phenoxy) is 2.